The average Bonchev–Trinajstić information content (AvgIpc) is 3.41. The summed E-state index contributed by atoms with van der Waals surface area (Å²) in [6.45, 7) is 4.73. The van der Waals surface area contributed by atoms with Crippen LogP contribution in [0.1, 0.15) is 41.3 Å². The lowest BCUT2D eigenvalue weighted by Crippen LogP contribution is -2.19. The Morgan fingerprint density at radius 1 is 1.06 bits per heavy atom. The van der Waals surface area contributed by atoms with E-state index in [0.717, 1.165) is 28.8 Å². The van der Waals surface area contributed by atoms with Gasteiger partial charge in [-0.25, -0.2) is 9.82 Å². The summed E-state index contributed by atoms with van der Waals surface area (Å²) >= 11 is 3.53. The fourth-order valence-electron chi connectivity index (χ4n) is 3.80. The zero-order chi connectivity index (χ0) is 24.6. The van der Waals surface area contributed by atoms with Crippen LogP contribution in [0.5, 0.6) is 11.5 Å². The Balaban J connectivity index is 1.40. The second-order valence-electron chi connectivity index (χ2n) is 8.11. The van der Waals surface area contributed by atoms with Gasteiger partial charge in [0.1, 0.15) is 12.4 Å². The molecule has 182 valence electrons. The molecule has 0 radical (unpaired) electrons. The summed E-state index contributed by atoms with van der Waals surface area (Å²) < 4.78 is 25.5. The van der Waals surface area contributed by atoms with Crippen molar-refractivity contribution in [3.63, 3.8) is 0 Å². The van der Waals surface area contributed by atoms with Crippen LogP contribution in [0.4, 0.5) is 10.1 Å². The molecule has 3 aromatic rings. The number of benzene rings is 3. The van der Waals surface area contributed by atoms with E-state index in [2.05, 4.69) is 31.4 Å². The third-order valence-electron chi connectivity index (χ3n) is 5.64. The Hall–Kier alpha value is -3.39. The number of ether oxygens (including phenoxy) is 2. The van der Waals surface area contributed by atoms with Crippen LogP contribution in [0, 0.1) is 5.82 Å². The van der Waals surface area contributed by atoms with Gasteiger partial charge in [-0.2, -0.15) is 5.10 Å². The first-order chi connectivity index (χ1) is 17.0. The molecular weight excluding hydrogens is 513 g/mol. The van der Waals surface area contributed by atoms with Crippen LogP contribution < -0.4 is 19.8 Å². The molecule has 0 aromatic heterocycles. The lowest BCUT2D eigenvalue weighted by atomic mass is 10.2. The van der Waals surface area contributed by atoms with E-state index in [1.54, 1.807) is 30.5 Å². The monoisotopic (exact) mass is 539 g/mol. The molecule has 1 aliphatic heterocycles. The van der Waals surface area contributed by atoms with Gasteiger partial charge in [0.2, 0.25) is 0 Å². The molecule has 1 fully saturated rings. The minimum Gasteiger partial charge on any atom is -0.490 e. The van der Waals surface area contributed by atoms with E-state index in [0.29, 0.717) is 29.2 Å². The molecule has 1 heterocycles. The fourth-order valence-corrected chi connectivity index (χ4v) is 4.22. The van der Waals surface area contributed by atoms with Gasteiger partial charge in [-0.15, -0.1) is 0 Å². The zero-order valence-electron chi connectivity index (χ0n) is 19.5. The number of halogens is 2. The van der Waals surface area contributed by atoms with Crippen molar-refractivity contribution in [1.82, 2.24) is 5.43 Å². The highest BCUT2D eigenvalue weighted by molar-refractivity contribution is 9.10. The molecule has 1 N–H and O–H groups in total. The topological polar surface area (TPSA) is 63.2 Å². The molecule has 0 saturated carbocycles. The molecule has 0 atom stereocenters. The number of nitrogens with zero attached hydrogens (tertiary/aromatic N) is 2. The molecule has 0 unspecified atom stereocenters. The minimum absolute atomic E-state index is 0.271. The van der Waals surface area contributed by atoms with Crippen LogP contribution in [0.15, 0.2) is 70.2 Å². The van der Waals surface area contributed by atoms with E-state index in [1.165, 1.54) is 25.0 Å². The average molecular weight is 540 g/mol. The smallest absolute Gasteiger partial charge is 0.271 e. The number of hydrazone groups is 1. The van der Waals surface area contributed by atoms with Gasteiger partial charge in [-0.3, -0.25) is 4.79 Å². The van der Waals surface area contributed by atoms with E-state index in [4.69, 9.17) is 9.47 Å². The lowest BCUT2D eigenvalue weighted by Gasteiger charge is -2.17. The Morgan fingerprint density at radius 2 is 1.74 bits per heavy atom. The number of carbonyl (C=O) groups excluding carboxylic acids is 1. The normalized spacial score (nSPS) is 13.3. The van der Waals surface area contributed by atoms with Gasteiger partial charge in [-0.1, -0.05) is 12.1 Å². The van der Waals surface area contributed by atoms with Crippen molar-refractivity contribution in [3.05, 3.63) is 87.6 Å². The second-order valence-corrected chi connectivity index (χ2v) is 8.96. The number of nitrogens with one attached hydrogen (secondary N) is 1. The molecule has 35 heavy (non-hydrogen) atoms. The van der Waals surface area contributed by atoms with Gasteiger partial charge >= 0.3 is 0 Å². The molecule has 1 aliphatic rings. The van der Waals surface area contributed by atoms with Crippen LogP contribution in [0.3, 0.4) is 0 Å². The van der Waals surface area contributed by atoms with E-state index < -0.39 is 0 Å². The number of hydrogen-bond acceptors (Lipinski definition) is 5. The quantitative estimate of drug-likeness (QED) is 0.270. The van der Waals surface area contributed by atoms with E-state index in [-0.39, 0.29) is 18.3 Å². The van der Waals surface area contributed by atoms with Gasteiger partial charge < -0.3 is 14.4 Å². The number of carbonyl (C=O) groups is 1. The maximum absolute atomic E-state index is 13.1. The standard InChI is InChI=1S/C27H27BrFN3O3/c1-2-34-25-15-21(24(28)16-26(25)35-18-19-5-9-22(29)10-6-19)17-30-31-27(33)20-7-11-23(12-8-20)32-13-3-4-14-32/h5-12,15-17H,2-4,13-14,18H2,1H3,(H,31,33)/b30-17-. The highest BCUT2D eigenvalue weighted by Gasteiger charge is 2.13. The lowest BCUT2D eigenvalue weighted by molar-refractivity contribution is 0.0955. The number of hydrogen-bond donors (Lipinski definition) is 1. The second kappa shape index (κ2) is 11.8. The zero-order valence-corrected chi connectivity index (χ0v) is 21.1. The van der Waals surface area contributed by atoms with Gasteiger partial charge in [0.05, 0.1) is 12.8 Å². The van der Waals surface area contributed by atoms with Crippen molar-refractivity contribution in [2.45, 2.75) is 26.4 Å². The Bertz CT molecular complexity index is 1180. The summed E-state index contributed by atoms with van der Waals surface area (Å²) in [6.07, 6.45) is 3.96. The summed E-state index contributed by atoms with van der Waals surface area (Å²) in [4.78, 5) is 14.8. The molecule has 1 amide bonds. The van der Waals surface area contributed by atoms with Crippen LogP contribution >= 0.6 is 15.9 Å². The third-order valence-corrected chi connectivity index (χ3v) is 6.33. The molecule has 0 bridgehead atoms. The van der Waals surface area contributed by atoms with Crippen LogP contribution in [-0.2, 0) is 6.61 Å². The predicted octanol–water partition coefficient (Wildman–Crippen LogP) is 5.93. The van der Waals surface area contributed by atoms with Crippen LogP contribution in [0.2, 0.25) is 0 Å². The number of rotatable bonds is 9. The number of amides is 1. The van der Waals surface area contributed by atoms with Gasteiger partial charge in [-0.05, 0) is 89.8 Å². The first-order valence-electron chi connectivity index (χ1n) is 11.6. The van der Waals surface area contributed by atoms with E-state index in [9.17, 15) is 9.18 Å². The first-order valence-corrected chi connectivity index (χ1v) is 12.3. The van der Waals surface area contributed by atoms with Crippen LogP contribution in [0.25, 0.3) is 0 Å². The molecule has 4 rings (SSSR count). The van der Waals surface area contributed by atoms with Crippen molar-refractivity contribution in [2.24, 2.45) is 5.10 Å². The largest absolute Gasteiger partial charge is 0.490 e. The highest BCUT2D eigenvalue weighted by Crippen LogP contribution is 2.34. The summed E-state index contributed by atoms with van der Waals surface area (Å²) in [5, 5.41) is 4.11. The number of anilines is 1. The van der Waals surface area contributed by atoms with Crippen molar-refractivity contribution in [3.8, 4) is 11.5 Å². The van der Waals surface area contributed by atoms with Crippen molar-refractivity contribution < 1.29 is 18.7 Å². The summed E-state index contributed by atoms with van der Waals surface area (Å²) in [6, 6.07) is 17.3. The molecule has 6 nitrogen and oxygen atoms in total. The molecule has 1 saturated heterocycles. The maximum atomic E-state index is 13.1. The van der Waals surface area contributed by atoms with Crippen molar-refractivity contribution in [2.75, 3.05) is 24.6 Å². The SMILES string of the molecule is CCOc1cc(/C=N\NC(=O)c2ccc(N3CCCC3)cc2)c(Br)cc1OCc1ccc(F)cc1. The first kappa shape index (κ1) is 24.7. The molecular formula is C27H27BrFN3O3. The Morgan fingerprint density at radius 3 is 2.43 bits per heavy atom. The Labute approximate surface area is 212 Å². The fraction of sp³-hybridized carbons (Fsp3) is 0.259. The van der Waals surface area contributed by atoms with Gasteiger partial charge in [0.25, 0.3) is 5.91 Å². The summed E-state index contributed by atoms with van der Waals surface area (Å²) in [5.74, 6) is 0.515. The highest BCUT2D eigenvalue weighted by atomic mass is 79.9. The van der Waals surface area contributed by atoms with Crippen molar-refractivity contribution >= 4 is 33.7 Å². The minimum atomic E-state index is -0.290. The molecule has 3 aromatic carbocycles. The maximum Gasteiger partial charge on any atom is 0.271 e. The summed E-state index contributed by atoms with van der Waals surface area (Å²) in [5.41, 5.74) is 5.81. The molecule has 8 heteroatoms. The van der Waals surface area contributed by atoms with E-state index in [1.807, 2.05) is 31.2 Å². The predicted molar refractivity (Wildman–Crippen MR) is 139 cm³/mol. The van der Waals surface area contributed by atoms with Gasteiger partial charge in [0.15, 0.2) is 11.5 Å². The van der Waals surface area contributed by atoms with Gasteiger partial charge in [0, 0.05) is 34.4 Å². The van der Waals surface area contributed by atoms with E-state index >= 15 is 0 Å². The van der Waals surface area contributed by atoms with Crippen molar-refractivity contribution in [1.29, 1.82) is 0 Å². The third kappa shape index (κ3) is 6.60. The molecule has 0 spiro atoms. The molecule has 0 aliphatic carbocycles. The summed E-state index contributed by atoms with van der Waals surface area (Å²) in [7, 11) is 0. The Kier molecular flexibility index (Phi) is 8.36. The van der Waals surface area contributed by atoms with Crippen LogP contribution in [-0.4, -0.2) is 31.8 Å².